The summed E-state index contributed by atoms with van der Waals surface area (Å²) in [6, 6.07) is 6.09. The number of aromatic nitrogens is 1. The number of pyridine rings is 1. The molecule has 4 rings (SSSR count). The van der Waals surface area contributed by atoms with E-state index in [1.165, 1.54) is 25.7 Å². The predicted octanol–water partition coefficient (Wildman–Crippen LogP) is 2.99. The van der Waals surface area contributed by atoms with Crippen molar-refractivity contribution in [2.75, 3.05) is 25.1 Å². The Morgan fingerprint density at radius 1 is 1.32 bits per heavy atom. The maximum Gasteiger partial charge on any atom is 0.323 e. The SMILES string of the molecule is O=C(Nc1cccc(C2CC2)n1)N1CCOCC1CC1CC1. The molecule has 1 atom stereocenters. The summed E-state index contributed by atoms with van der Waals surface area (Å²) >= 11 is 0. The summed E-state index contributed by atoms with van der Waals surface area (Å²) in [4.78, 5) is 19.1. The Hall–Kier alpha value is -1.62. The average Bonchev–Trinajstić information content (AvgIpc) is 3.42. The third-order valence-corrected chi connectivity index (χ3v) is 4.79. The van der Waals surface area contributed by atoms with Crippen molar-refractivity contribution in [2.24, 2.45) is 5.92 Å². The highest BCUT2D eigenvalue weighted by Gasteiger charge is 2.33. The number of carbonyl (C=O) groups excluding carboxylic acids is 1. The molecule has 2 amide bonds. The standard InChI is InChI=1S/C17H23N3O2/c21-17(19-16-3-1-2-15(18-16)13-6-7-13)20-8-9-22-11-14(20)10-12-4-5-12/h1-3,12-14H,4-11H2,(H,18,19,21). The van der Waals surface area contributed by atoms with Gasteiger partial charge in [0, 0.05) is 18.2 Å². The third kappa shape index (κ3) is 3.24. The van der Waals surface area contributed by atoms with Gasteiger partial charge in [-0.2, -0.15) is 0 Å². The summed E-state index contributed by atoms with van der Waals surface area (Å²) < 4.78 is 5.56. The van der Waals surface area contributed by atoms with E-state index >= 15 is 0 Å². The summed E-state index contributed by atoms with van der Waals surface area (Å²) in [7, 11) is 0. The Bertz CT molecular complexity index is 555. The van der Waals surface area contributed by atoms with E-state index in [9.17, 15) is 4.79 Å². The Labute approximate surface area is 131 Å². The third-order valence-electron chi connectivity index (χ3n) is 4.79. The van der Waals surface area contributed by atoms with Crippen molar-refractivity contribution in [1.82, 2.24) is 9.88 Å². The van der Waals surface area contributed by atoms with Gasteiger partial charge in [0.2, 0.25) is 0 Å². The maximum absolute atomic E-state index is 12.6. The molecule has 2 aliphatic carbocycles. The van der Waals surface area contributed by atoms with Crippen molar-refractivity contribution in [1.29, 1.82) is 0 Å². The number of hydrogen-bond acceptors (Lipinski definition) is 3. The molecule has 5 nitrogen and oxygen atoms in total. The molecule has 5 heteroatoms. The van der Waals surface area contributed by atoms with Crippen LogP contribution in [-0.4, -0.2) is 41.7 Å². The minimum absolute atomic E-state index is 0.0330. The lowest BCUT2D eigenvalue weighted by Gasteiger charge is -2.35. The van der Waals surface area contributed by atoms with Crippen LogP contribution in [0.15, 0.2) is 18.2 Å². The Morgan fingerprint density at radius 3 is 2.95 bits per heavy atom. The summed E-state index contributed by atoms with van der Waals surface area (Å²) in [5.74, 6) is 2.06. The monoisotopic (exact) mass is 301 g/mol. The van der Waals surface area contributed by atoms with E-state index in [1.807, 2.05) is 17.0 Å². The molecule has 1 saturated heterocycles. The lowest BCUT2D eigenvalue weighted by atomic mass is 10.1. The van der Waals surface area contributed by atoms with Crippen molar-refractivity contribution in [3.05, 3.63) is 23.9 Å². The molecule has 3 aliphatic rings. The molecule has 2 heterocycles. The summed E-state index contributed by atoms with van der Waals surface area (Å²) in [5.41, 5.74) is 1.11. The first-order valence-electron chi connectivity index (χ1n) is 8.42. The van der Waals surface area contributed by atoms with Gasteiger partial charge in [0.15, 0.2) is 0 Å². The molecular formula is C17H23N3O2. The number of amides is 2. The lowest BCUT2D eigenvalue weighted by molar-refractivity contribution is 0.0108. The van der Waals surface area contributed by atoms with E-state index in [1.54, 1.807) is 0 Å². The zero-order valence-electron chi connectivity index (χ0n) is 12.8. The Morgan fingerprint density at radius 2 is 2.18 bits per heavy atom. The van der Waals surface area contributed by atoms with Crippen molar-refractivity contribution in [3.63, 3.8) is 0 Å². The van der Waals surface area contributed by atoms with E-state index in [2.05, 4.69) is 16.4 Å². The van der Waals surface area contributed by atoms with Crippen LogP contribution in [0.4, 0.5) is 10.6 Å². The first-order valence-corrected chi connectivity index (χ1v) is 8.42. The molecule has 0 aromatic carbocycles. The normalized spacial score (nSPS) is 25.1. The second kappa shape index (κ2) is 5.88. The molecular weight excluding hydrogens is 278 g/mol. The van der Waals surface area contributed by atoms with E-state index in [0.717, 1.165) is 18.0 Å². The average molecular weight is 301 g/mol. The van der Waals surface area contributed by atoms with Crippen molar-refractivity contribution in [3.8, 4) is 0 Å². The van der Waals surface area contributed by atoms with Gasteiger partial charge in [-0.25, -0.2) is 9.78 Å². The van der Waals surface area contributed by atoms with Crippen LogP contribution in [0.25, 0.3) is 0 Å². The van der Waals surface area contributed by atoms with E-state index in [4.69, 9.17) is 4.74 Å². The quantitative estimate of drug-likeness (QED) is 0.930. The number of nitrogens with zero attached hydrogens (tertiary/aromatic N) is 2. The largest absolute Gasteiger partial charge is 0.377 e. The summed E-state index contributed by atoms with van der Waals surface area (Å²) in [6.45, 7) is 1.97. The molecule has 22 heavy (non-hydrogen) atoms. The van der Waals surface area contributed by atoms with Gasteiger partial charge in [0.1, 0.15) is 5.82 Å². The first-order chi connectivity index (χ1) is 10.8. The molecule has 1 unspecified atom stereocenters. The molecule has 0 radical (unpaired) electrons. The topological polar surface area (TPSA) is 54.5 Å². The van der Waals surface area contributed by atoms with Crippen LogP contribution in [0.3, 0.4) is 0 Å². The molecule has 1 aliphatic heterocycles. The number of hydrogen-bond donors (Lipinski definition) is 1. The van der Waals surface area contributed by atoms with Crippen LogP contribution in [0, 0.1) is 5.92 Å². The smallest absolute Gasteiger partial charge is 0.323 e. The Kier molecular flexibility index (Phi) is 3.74. The highest BCUT2D eigenvalue weighted by molar-refractivity contribution is 5.88. The van der Waals surface area contributed by atoms with Crippen LogP contribution in [0.5, 0.6) is 0 Å². The zero-order chi connectivity index (χ0) is 14.9. The molecule has 3 fully saturated rings. The molecule has 1 aromatic rings. The molecule has 2 saturated carbocycles. The molecule has 118 valence electrons. The van der Waals surface area contributed by atoms with Crippen LogP contribution in [-0.2, 0) is 4.74 Å². The van der Waals surface area contributed by atoms with Crippen molar-refractivity contribution < 1.29 is 9.53 Å². The van der Waals surface area contributed by atoms with Crippen LogP contribution < -0.4 is 5.32 Å². The summed E-state index contributed by atoms with van der Waals surface area (Å²) in [5, 5.41) is 2.98. The second-order valence-electron chi connectivity index (χ2n) is 6.75. The van der Waals surface area contributed by atoms with Crippen LogP contribution in [0.2, 0.25) is 0 Å². The molecule has 0 bridgehead atoms. The minimum atomic E-state index is -0.0330. The van der Waals surface area contributed by atoms with Gasteiger partial charge in [-0.3, -0.25) is 5.32 Å². The minimum Gasteiger partial charge on any atom is -0.377 e. The van der Waals surface area contributed by atoms with E-state index < -0.39 is 0 Å². The van der Waals surface area contributed by atoms with Gasteiger partial charge < -0.3 is 9.64 Å². The Balaban J connectivity index is 1.42. The van der Waals surface area contributed by atoms with Gasteiger partial charge >= 0.3 is 6.03 Å². The number of rotatable bonds is 4. The predicted molar refractivity (Wildman–Crippen MR) is 83.9 cm³/mol. The lowest BCUT2D eigenvalue weighted by Crippen LogP contribution is -2.50. The van der Waals surface area contributed by atoms with Gasteiger partial charge in [-0.05, 0) is 37.3 Å². The number of carbonyl (C=O) groups is 1. The fourth-order valence-corrected chi connectivity index (χ4v) is 3.16. The van der Waals surface area contributed by atoms with Gasteiger partial charge in [0.05, 0.1) is 19.3 Å². The zero-order valence-corrected chi connectivity index (χ0v) is 12.8. The number of ether oxygens (including phenoxy) is 1. The number of anilines is 1. The highest BCUT2D eigenvalue weighted by atomic mass is 16.5. The number of morpholine rings is 1. The number of urea groups is 1. The van der Waals surface area contributed by atoms with Crippen molar-refractivity contribution in [2.45, 2.75) is 44.1 Å². The van der Waals surface area contributed by atoms with Gasteiger partial charge in [-0.1, -0.05) is 18.9 Å². The second-order valence-corrected chi connectivity index (χ2v) is 6.75. The molecule has 1 aromatic heterocycles. The van der Waals surface area contributed by atoms with E-state index in [0.29, 0.717) is 31.5 Å². The van der Waals surface area contributed by atoms with Crippen LogP contribution in [0.1, 0.15) is 43.7 Å². The molecule has 0 spiro atoms. The fourth-order valence-electron chi connectivity index (χ4n) is 3.16. The highest BCUT2D eigenvalue weighted by Crippen LogP contribution is 2.39. The summed E-state index contributed by atoms with van der Waals surface area (Å²) in [6.07, 6.45) is 6.12. The van der Waals surface area contributed by atoms with Gasteiger partial charge in [-0.15, -0.1) is 0 Å². The molecule has 1 N–H and O–H groups in total. The van der Waals surface area contributed by atoms with E-state index in [-0.39, 0.29) is 12.1 Å². The fraction of sp³-hybridized carbons (Fsp3) is 0.647. The van der Waals surface area contributed by atoms with Gasteiger partial charge in [0.25, 0.3) is 0 Å². The number of nitrogens with one attached hydrogen (secondary N) is 1. The van der Waals surface area contributed by atoms with Crippen LogP contribution >= 0.6 is 0 Å². The van der Waals surface area contributed by atoms with Crippen molar-refractivity contribution >= 4 is 11.8 Å². The maximum atomic E-state index is 12.6. The first kappa shape index (κ1) is 14.0.